The number of halogens is 1. The fourth-order valence-corrected chi connectivity index (χ4v) is 1.22. The maximum atomic E-state index is 13.3. The highest BCUT2D eigenvalue weighted by molar-refractivity contribution is 5.94. The van der Waals surface area contributed by atoms with E-state index in [1.165, 1.54) is 12.1 Å². The van der Waals surface area contributed by atoms with E-state index in [2.05, 4.69) is 10.1 Å². The van der Waals surface area contributed by atoms with Crippen molar-refractivity contribution in [3.05, 3.63) is 35.1 Å². The summed E-state index contributed by atoms with van der Waals surface area (Å²) in [5, 5.41) is 2.41. The number of carbonyl (C=O) groups excluding carboxylic acids is 2. The van der Waals surface area contributed by atoms with Crippen LogP contribution in [0.2, 0.25) is 0 Å². The molecular weight excluding hydrogens is 227 g/mol. The number of carbonyl (C=O) groups is 2. The molecule has 0 fully saturated rings. The lowest BCUT2D eigenvalue weighted by Gasteiger charge is -2.06. The lowest BCUT2D eigenvalue weighted by Crippen LogP contribution is -2.29. The summed E-state index contributed by atoms with van der Waals surface area (Å²) in [4.78, 5) is 21.8. The van der Waals surface area contributed by atoms with Gasteiger partial charge in [0.1, 0.15) is 12.4 Å². The number of nitrogens with two attached hydrogens (primary N) is 1. The predicted molar refractivity (Wildman–Crippen MR) is 59.0 cm³/mol. The molecule has 0 aliphatic rings. The molecule has 5 nitrogen and oxygen atoms in total. The van der Waals surface area contributed by atoms with Crippen LogP contribution in [0.1, 0.15) is 15.9 Å². The Labute approximate surface area is 97.7 Å². The van der Waals surface area contributed by atoms with Crippen molar-refractivity contribution in [3.8, 4) is 0 Å². The number of hydrogen-bond donors (Lipinski definition) is 2. The van der Waals surface area contributed by atoms with Crippen molar-refractivity contribution in [3.63, 3.8) is 0 Å². The van der Waals surface area contributed by atoms with Crippen LogP contribution in [0.25, 0.3) is 0 Å². The molecule has 1 aromatic rings. The van der Waals surface area contributed by atoms with Gasteiger partial charge in [-0.2, -0.15) is 0 Å². The summed E-state index contributed by atoms with van der Waals surface area (Å²) in [7, 11) is 0. The first-order chi connectivity index (χ1) is 8.00. The monoisotopic (exact) mass is 240 g/mol. The zero-order chi connectivity index (χ0) is 12.8. The van der Waals surface area contributed by atoms with E-state index in [0.717, 1.165) is 5.56 Å². The van der Waals surface area contributed by atoms with E-state index in [-0.39, 0.29) is 18.7 Å². The zero-order valence-corrected chi connectivity index (χ0v) is 9.33. The van der Waals surface area contributed by atoms with Gasteiger partial charge in [0.2, 0.25) is 0 Å². The van der Waals surface area contributed by atoms with Crippen LogP contribution < -0.4 is 11.1 Å². The molecule has 0 spiro atoms. The molecule has 17 heavy (non-hydrogen) atoms. The Kier molecular flexibility index (Phi) is 4.45. The molecule has 0 aliphatic heterocycles. The minimum atomic E-state index is -0.916. The van der Waals surface area contributed by atoms with Gasteiger partial charge < -0.3 is 15.8 Å². The Balaban J connectivity index is 2.52. The average molecular weight is 240 g/mol. The molecule has 0 unspecified atom stereocenters. The third kappa shape index (κ3) is 4.10. The van der Waals surface area contributed by atoms with E-state index in [4.69, 9.17) is 5.73 Å². The Morgan fingerprint density at radius 2 is 2.18 bits per heavy atom. The van der Waals surface area contributed by atoms with Crippen molar-refractivity contribution in [2.75, 3.05) is 13.2 Å². The average Bonchev–Trinajstić information content (AvgIpc) is 2.27. The molecule has 0 aliphatic carbocycles. The molecule has 0 saturated carbocycles. The summed E-state index contributed by atoms with van der Waals surface area (Å²) < 4.78 is 17.7. The van der Waals surface area contributed by atoms with E-state index in [0.29, 0.717) is 0 Å². The number of rotatable bonds is 4. The Morgan fingerprint density at radius 1 is 1.47 bits per heavy atom. The van der Waals surface area contributed by atoms with Crippen LogP contribution in [-0.2, 0) is 4.74 Å². The molecule has 1 aromatic carbocycles. The van der Waals surface area contributed by atoms with Crippen molar-refractivity contribution < 1.29 is 18.7 Å². The summed E-state index contributed by atoms with van der Waals surface area (Å²) in [6.07, 6.45) is -0.916. The molecule has 0 aromatic heterocycles. The smallest absolute Gasteiger partial charge is 0.404 e. The molecule has 0 bridgehead atoms. The van der Waals surface area contributed by atoms with Crippen molar-refractivity contribution in [2.24, 2.45) is 5.73 Å². The third-order valence-corrected chi connectivity index (χ3v) is 2.00. The second-order valence-corrected chi connectivity index (χ2v) is 3.41. The van der Waals surface area contributed by atoms with E-state index in [9.17, 15) is 14.0 Å². The maximum Gasteiger partial charge on any atom is 0.404 e. The lowest BCUT2D eigenvalue weighted by molar-refractivity contribution is 0.0932. The van der Waals surface area contributed by atoms with Gasteiger partial charge in [-0.15, -0.1) is 0 Å². The van der Waals surface area contributed by atoms with Gasteiger partial charge in [0.15, 0.2) is 0 Å². The molecule has 0 saturated heterocycles. The normalized spacial score (nSPS) is 9.76. The highest BCUT2D eigenvalue weighted by Gasteiger charge is 2.11. The minimum absolute atomic E-state index is 0.0379. The van der Waals surface area contributed by atoms with E-state index in [1.54, 1.807) is 13.0 Å². The first-order valence-electron chi connectivity index (χ1n) is 4.97. The minimum Gasteiger partial charge on any atom is -0.448 e. The third-order valence-electron chi connectivity index (χ3n) is 2.00. The van der Waals surface area contributed by atoms with Crippen LogP contribution >= 0.6 is 0 Å². The van der Waals surface area contributed by atoms with Crippen LogP contribution in [0.5, 0.6) is 0 Å². The summed E-state index contributed by atoms with van der Waals surface area (Å²) in [6.45, 7) is 1.79. The van der Waals surface area contributed by atoms with Gasteiger partial charge in [0, 0.05) is 0 Å². The van der Waals surface area contributed by atoms with Gasteiger partial charge >= 0.3 is 6.09 Å². The van der Waals surface area contributed by atoms with E-state index >= 15 is 0 Å². The first kappa shape index (κ1) is 13.0. The number of aryl methyl sites for hydroxylation is 1. The van der Waals surface area contributed by atoms with Gasteiger partial charge in [-0.25, -0.2) is 9.18 Å². The Bertz CT molecular complexity index is 435. The van der Waals surface area contributed by atoms with Gasteiger partial charge in [0.05, 0.1) is 12.1 Å². The fraction of sp³-hybridized carbons (Fsp3) is 0.273. The first-order valence-corrected chi connectivity index (χ1v) is 4.97. The topological polar surface area (TPSA) is 81.4 Å². The molecule has 0 heterocycles. The van der Waals surface area contributed by atoms with Crippen molar-refractivity contribution >= 4 is 12.0 Å². The molecule has 1 rings (SSSR count). The second-order valence-electron chi connectivity index (χ2n) is 3.41. The summed E-state index contributed by atoms with van der Waals surface area (Å²) in [6, 6.07) is 4.24. The lowest BCUT2D eigenvalue weighted by atomic mass is 10.1. The molecule has 3 N–H and O–H groups in total. The van der Waals surface area contributed by atoms with Crippen LogP contribution in [0.4, 0.5) is 9.18 Å². The van der Waals surface area contributed by atoms with Gasteiger partial charge in [-0.05, 0) is 19.1 Å². The van der Waals surface area contributed by atoms with Crippen molar-refractivity contribution in [1.82, 2.24) is 5.32 Å². The second kappa shape index (κ2) is 5.83. The fourth-order valence-electron chi connectivity index (χ4n) is 1.22. The number of ether oxygens (including phenoxy) is 1. The molecule has 6 heteroatoms. The highest BCUT2D eigenvalue weighted by atomic mass is 19.1. The zero-order valence-electron chi connectivity index (χ0n) is 9.33. The molecule has 92 valence electrons. The largest absolute Gasteiger partial charge is 0.448 e. The summed E-state index contributed by atoms with van der Waals surface area (Å²) in [5.41, 5.74) is 5.48. The number of amides is 2. The van der Waals surface area contributed by atoms with Crippen molar-refractivity contribution in [2.45, 2.75) is 6.92 Å². The van der Waals surface area contributed by atoms with Crippen molar-refractivity contribution in [1.29, 1.82) is 0 Å². The molecule has 2 amide bonds. The highest BCUT2D eigenvalue weighted by Crippen LogP contribution is 2.09. The standard InChI is InChI=1S/C11H13FN2O3/c1-7-2-3-9(12)8(6-7)10(15)14-4-5-17-11(13)16/h2-3,6H,4-5H2,1H3,(H2,13,16)(H,14,15). The van der Waals surface area contributed by atoms with Crippen LogP contribution in [0.15, 0.2) is 18.2 Å². The van der Waals surface area contributed by atoms with Gasteiger partial charge in [-0.3, -0.25) is 4.79 Å². The van der Waals surface area contributed by atoms with E-state index in [1.807, 2.05) is 0 Å². The number of benzene rings is 1. The van der Waals surface area contributed by atoms with Gasteiger partial charge in [-0.1, -0.05) is 11.6 Å². The Morgan fingerprint density at radius 3 is 2.82 bits per heavy atom. The number of hydrogen-bond acceptors (Lipinski definition) is 3. The van der Waals surface area contributed by atoms with Gasteiger partial charge in [0.25, 0.3) is 5.91 Å². The van der Waals surface area contributed by atoms with E-state index < -0.39 is 17.8 Å². The number of primary amides is 1. The van der Waals surface area contributed by atoms with Crippen LogP contribution in [0.3, 0.4) is 0 Å². The molecular formula is C11H13FN2O3. The SMILES string of the molecule is Cc1ccc(F)c(C(=O)NCCOC(N)=O)c1. The molecule has 0 atom stereocenters. The van der Waals surface area contributed by atoms with Crippen LogP contribution in [0, 0.1) is 12.7 Å². The van der Waals surface area contributed by atoms with Crippen LogP contribution in [-0.4, -0.2) is 25.2 Å². The predicted octanol–water partition coefficient (Wildman–Crippen LogP) is 0.959. The molecule has 0 radical (unpaired) electrons. The maximum absolute atomic E-state index is 13.3. The Hall–Kier alpha value is -2.11. The quantitative estimate of drug-likeness (QED) is 0.769. The summed E-state index contributed by atoms with van der Waals surface area (Å²) in [5.74, 6) is -1.15. The summed E-state index contributed by atoms with van der Waals surface area (Å²) >= 11 is 0. The number of nitrogens with one attached hydrogen (secondary N) is 1.